The Balaban J connectivity index is 1.76. The van der Waals surface area contributed by atoms with Crippen LogP contribution in [0.15, 0.2) is 82.6 Å². The third kappa shape index (κ3) is 3.85. The van der Waals surface area contributed by atoms with Crippen molar-refractivity contribution in [1.82, 2.24) is 15.0 Å². The molecule has 0 bridgehead atoms. The summed E-state index contributed by atoms with van der Waals surface area (Å²) in [4.78, 5) is 13.5. The highest BCUT2D eigenvalue weighted by molar-refractivity contribution is 9.10. The number of hydrazone groups is 1. The Morgan fingerprint density at radius 1 is 0.963 bits per heavy atom. The Bertz CT molecular complexity index is 1110. The lowest BCUT2D eigenvalue weighted by Gasteiger charge is -2.09. The molecule has 0 aliphatic carbocycles. The van der Waals surface area contributed by atoms with Gasteiger partial charge in [-0.3, -0.25) is 10.4 Å². The molecular formula is C21H16BrN5. The number of para-hydroxylation sites is 1. The highest BCUT2D eigenvalue weighted by Crippen LogP contribution is 2.26. The number of hydrogen-bond donors (Lipinski definition) is 1. The Morgan fingerprint density at radius 2 is 1.78 bits per heavy atom. The number of aromatic nitrogens is 3. The van der Waals surface area contributed by atoms with E-state index in [-0.39, 0.29) is 0 Å². The summed E-state index contributed by atoms with van der Waals surface area (Å²) in [7, 11) is 0. The zero-order valence-corrected chi connectivity index (χ0v) is 16.2. The Kier molecular flexibility index (Phi) is 4.89. The van der Waals surface area contributed by atoms with Gasteiger partial charge in [-0.1, -0.05) is 46.3 Å². The molecule has 2 heterocycles. The Labute approximate surface area is 165 Å². The first-order valence-corrected chi connectivity index (χ1v) is 9.23. The fourth-order valence-electron chi connectivity index (χ4n) is 2.67. The number of anilines is 1. The molecule has 0 radical (unpaired) electrons. The smallest absolute Gasteiger partial charge is 0.162 e. The molecule has 0 unspecified atom stereocenters. The third-order valence-electron chi connectivity index (χ3n) is 4.11. The minimum absolute atomic E-state index is 0.651. The summed E-state index contributed by atoms with van der Waals surface area (Å²) in [6.07, 6.45) is 3.53. The largest absolute Gasteiger partial charge is 0.264 e. The van der Waals surface area contributed by atoms with Crippen LogP contribution in [0.3, 0.4) is 0 Å². The van der Waals surface area contributed by atoms with Crippen LogP contribution in [-0.4, -0.2) is 20.7 Å². The van der Waals surface area contributed by atoms with Gasteiger partial charge in [0.1, 0.15) is 0 Å². The van der Waals surface area contributed by atoms with Crippen molar-refractivity contribution in [2.75, 3.05) is 5.43 Å². The van der Waals surface area contributed by atoms with Crippen LogP contribution in [-0.2, 0) is 0 Å². The van der Waals surface area contributed by atoms with Gasteiger partial charge in [0.25, 0.3) is 0 Å². The van der Waals surface area contributed by atoms with Crippen molar-refractivity contribution in [1.29, 1.82) is 0 Å². The van der Waals surface area contributed by atoms with E-state index in [1.807, 2.05) is 67.6 Å². The van der Waals surface area contributed by atoms with E-state index in [0.717, 1.165) is 32.2 Å². The van der Waals surface area contributed by atoms with Gasteiger partial charge in [-0.25, -0.2) is 9.97 Å². The fraction of sp³-hybridized carbons (Fsp3) is 0.0476. The van der Waals surface area contributed by atoms with Crippen molar-refractivity contribution in [2.24, 2.45) is 5.10 Å². The van der Waals surface area contributed by atoms with Gasteiger partial charge in [0, 0.05) is 33.4 Å². The number of nitrogens with one attached hydrogen (secondary N) is 1. The Morgan fingerprint density at radius 3 is 2.56 bits per heavy atom. The molecule has 6 heteroatoms. The summed E-state index contributed by atoms with van der Waals surface area (Å²) >= 11 is 3.46. The van der Waals surface area contributed by atoms with Crippen LogP contribution in [0.5, 0.6) is 0 Å². The molecule has 0 saturated carbocycles. The number of fused-ring (bicyclic) bond motifs is 1. The molecule has 0 amide bonds. The van der Waals surface area contributed by atoms with E-state index in [0.29, 0.717) is 11.6 Å². The number of halogens is 1. The average Bonchev–Trinajstić information content (AvgIpc) is 2.72. The number of pyridine rings is 1. The van der Waals surface area contributed by atoms with Gasteiger partial charge in [-0.2, -0.15) is 5.10 Å². The number of rotatable bonds is 4. The van der Waals surface area contributed by atoms with Crippen LogP contribution in [0.1, 0.15) is 12.5 Å². The summed E-state index contributed by atoms with van der Waals surface area (Å²) < 4.78 is 1.02. The molecule has 0 aliphatic heterocycles. The standard InChI is InChI=1S/C21H16BrN5/c1-14(16-5-4-12-23-13-16)26-27-21-18-6-2-3-7-19(18)24-20(25-21)15-8-10-17(22)11-9-15/h2-13H,1H3,(H,24,25,27)/b26-14+. The lowest BCUT2D eigenvalue weighted by molar-refractivity contribution is 1.18. The molecule has 27 heavy (non-hydrogen) atoms. The predicted octanol–water partition coefficient (Wildman–Crippen LogP) is 5.29. The fourth-order valence-corrected chi connectivity index (χ4v) is 2.93. The van der Waals surface area contributed by atoms with Gasteiger partial charge in [-0.05, 0) is 37.3 Å². The quantitative estimate of drug-likeness (QED) is 0.361. The average molecular weight is 418 g/mol. The van der Waals surface area contributed by atoms with Crippen molar-refractivity contribution in [3.63, 3.8) is 0 Å². The van der Waals surface area contributed by atoms with Crippen LogP contribution in [0.25, 0.3) is 22.3 Å². The molecule has 4 aromatic rings. The maximum absolute atomic E-state index is 4.71. The van der Waals surface area contributed by atoms with Crippen LogP contribution >= 0.6 is 15.9 Å². The van der Waals surface area contributed by atoms with Crippen molar-refractivity contribution < 1.29 is 0 Å². The zero-order valence-electron chi connectivity index (χ0n) is 14.6. The molecule has 5 nitrogen and oxygen atoms in total. The van der Waals surface area contributed by atoms with E-state index >= 15 is 0 Å². The maximum Gasteiger partial charge on any atom is 0.162 e. The first-order chi connectivity index (χ1) is 13.2. The second-order valence-corrected chi connectivity index (χ2v) is 6.89. The van der Waals surface area contributed by atoms with Crippen LogP contribution in [0, 0.1) is 0 Å². The van der Waals surface area contributed by atoms with Crippen molar-refractivity contribution >= 4 is 38.4 Å². The van der Waals surface area contributed by atoms with Crippen LogP contribution in [0.2, 0.25) is 0 Å². The highest BCUT2D eigenvalue weighted by atomic mass is 79.9. The zero-order chi connectivity index (χ0) is 18.6. The summed E-state index contributed by atoms with van der Waals surface area (Å²) in [5, 5.41) is 5.41. The van der Waals surface area contributed by atoms with E-state index in [9.17, 15) is 0 Å². The van der Waals surface area contributed by atoms with Crippen molar-refractivity contribution in [3.8, 4) is 11.4 Å². The molecular weight excluding hydrogens is 402 g/mol. The lowest BCUT2D eigenvalue weighted by atomic mass is 10.2. The SMILES string of the molecule is C/C(=N\Nc1nc(-c2ccc(Br)cc2)nc2ccccc12)c1cccnc1. The van der Waals surface area contributed by atoms with Gasteiger partial charge in [0.05, 0.1) is 11.2 Å². The molecule has 0 spiro atoms. The molecule has 0 fully saturated rings. The molecule has 2 aromatic heterocycles. The molecule has 4 rings (SSSR count). The summed E-state index contributed by atoms with van der Waals surface area (Å²) in [6, 6.07) is 19.7. The van der Waals surface area contributed by atoms with Gasteiger partial charge in [0.15, 0.2) is 11.6 Å². The maximum atomic E-state index is 4.71. The normalized spacial score (nSPS) is 11.6. The summed E-state index contributed by atoms with van der Waals surface area (Å²) in [5.41, 5.74) is 6.70. The minimum atomic E-state index is 0.651. The molecule has 132 valence electrons. The first kappa shape index (κ1) is 17.3. The van der Waals surface area contributed by atoms with Gasteiger partial charge >= 0.3 is 0 Å². The van der Waals surface area contributed by atoms with Crippen LogP contribution in [0.4, 0.5) is 5.82 Å². The molecule has 0 aliphatic rings. The van der Waals surface area contributed by atoms with E-state index in [4.69, 9.17) is 9.97 Å². The monoisotopic (exact) mass is 417 g/mol. The number of benzene rings is 2. The molecule has 0 saturated heterocycles. The van der Waals surface area contributed by atoms with Gasteiger partial charge in [0.2, 0.25) is 0 Å². The van der Waals surface area contributed by atoms with Gasteiger partial charge in [-0.15, -0.1) is 0 Å². The van der Waals surface area contributed by atoms with E-state index < -0.39 is 0 Å². The first-order valence-electron chi connectivity index (χ1n) is 8.44. The van der Waals surface area contributed by atoms with Crippen LogP contribution < -0.4 is 5.43 Å². The van der Waals surface area contributed by atoms with Crippen molar-refractivity contribution in [2.45, 2.75) is 6.92 Å². The summed E-state index contributed by atoms with van der Waals surface area (Å²) in [5.74, 6) is 1.32. The topological polar surface area (TPSA) is 63.1 Å². The minimum Gasteiger partial charge on any atom is -0.264 e. The predicted molar refractivity (Wildman–Crippen MR) is 113 cm³/mol. The molecule has 0 atom stereocenters. The number of nitrogens with zero attached hydrogens (tertiary/aromatic N) is 4. The summed E-state index contributed by atoms with van der Waals surface area (Å²) in [6.45, 7) is 1.93. The second kappa shape index (κ2) is 7.63. The van der Waals surface area contributed by atoms with Gasteiger partial charge < -0.3 is 0 Å². The number of hydrogen-bond acceptors (Lipinski definition) is 5. The molecule has 2 aromatic carbocycles. The van der Waals surface area contributed by atoms with Crippen molar-refractivity contribution in [3.05, 3.63) is 83.1 Å². The van der Waals surface area contributed by atoms with E-state index in [1.54, 1.807) is 12.4 Å². The van der Waals surface area contributed by atoms with E-state index in [2.05, 4.69) is 31.4 Å². The Hall–Kier alpha value is -3.12. The highest BCUT2D eigenvalue weighted by Gasteiger charge is 2.09. The second-order valence-electron chi connectivity index (χ2n) is 5.97. The third-order valence-corrected chi connectivity index (χ3v) is 4.64. The van der Waals surface area contributed by atoms with E-state index in [1.165, 1.54) is 0 Å². The molecule has 1 N–H and O–H groups in total. The lowest BCUT2D eigenvalue weighted by Crippen LogP contribution is -2.03.